The van der Waals surface area contributed by atoms with E-state index in [1.165, 1.54) is 21.7 Å². The maximum Gasteiger partial charge on any atom is 0.341 e. The molecule has 228 valence electrons. The smallest absolute Gasteiger partial charge is 0.341 e. The molecule has 5 heterocycles. The first kappa shape index (κ1) is 27.3. The Morgan fingerprint density at radius 2 is 1.07 bits per heavy atom. The number of rotatable bonds is 4. The van der Waals surface area contributed by atoms with Crippen LogP contribution in [0.2, 0.25) is 0 Å². The van der Waals surface area contributed by atoms with E-state index in [0.29, 0.717) is 0 Å². The van der Waals surface area contributed by atoms with Gasteiger partial charge in [-0.05, 0) is 12.1 Å². The second-order valence-electron chi connectivity index (χ2n) is 10.7. The van der Waals surface area contributed by atoms with Gasteiger partial charge in [0.1, 0.15) is 33.5 Å². The van der Waals surface area contributed by atoms with Crippen LogP contribution in [-0.4, -0.2) is 85.2 Å². The van der Waals surface area contributed by atoms with Crippen LogP contribution in [0.5, 0.6) is 11.5 Å². The zero-order valence-corrected chi connectivity index (χ0v) is 23.3. The number of aromatic carboxylic acids is 2. The molecule has 4 aromatic rings. The number of carbonyl (C=O) groups is 2. The molecule has 0 aliphatic carbocycles. The normalized spacial score (nSPS) is 15.9. The number of hydrogen-bond donors (Lipinski definition) is 2. The Kier molecular flexibility index (Phi) is 5.89. The van der Waals surface area contributed by atoms with E-state index < -0.39 is 45.6 Å². The number of ether oxygens (including phenoxy) is 2. The molecule has 2 aromatic carbocycles. The molecule has 0 radical (unpaired) electrons. The quantitative estimate of drug-likeness (QED) is 0.341. The standard InChI is InChI=1S/C28H24F2N6O8/c1-31-11-43-25-19-13(23(37)15(27(39)40)9-35(19)31)7-17(29)21(25)33-3-5-34(6-4-33)22-18(30)8-14-20-26(22)44-12-32(2)36(20)10-16(24(14)38)28(41)42/h7-10H,3-6,11-12H2,1-2H3,(H,39,40)(H,41,42). The minimum Gasteiger partial charge on any atom is -0.477 e. The topological polar surface area (TPSA) is 150 Å². The van der Waals surface area contributed by atoms with Crippen molar-refractivity contribution in [2.75, 3.05) is 73.6 Å². The maximum absolute atomic E-state index is 15.7. The predicted octanol–water partition coefficient (Wildman–Crippen LogP) is 1.15. The van der Waals surface area contributed by atoms with Gasteiger partial charge in [-0.15, -0.1) is 0 Å². The van der Waals surface area contributed by atoms with E-state index in [1.54, 1.807) is 33.9 Å². The summed E-state index contributed by atoms with van der Waals surface area (Å²) in [5, 5.41) is 21.8. The third-order valence-electron chi connectivity index (χ3n) is 8.20. The number of aromatic nitrogens is 2. The average molecular weight is 611 g/mol. The second-order valence-corrected chi connectivity index (χ2v) is 10.7. The highest BCUT2D eigenvalue weighted by molar-refractivity contribution is 5.99. The largest absolute Gasteiger partial charge is 0.477 e. The van der Waals surface area contributed by atoms with Gasteiger partial charge in [-0.25, -0.2) is 18.4 Å². The average Bonchev–Trinajstić information content (AvgIpc) is 2.98. The Morgan fingerprint density at radius 3 is 1.41 bits per heavy atom. The maximum atomic E-state index is 15.7. The van der Waals surface area contributed by atoms with E-state index >= 15 is 8.78 Å². The second kappa shape index (κ2) is 9.48. The summed E-state index contributed by atoms with van der Waals surface area (Å²) in [6.45, 7) is 0.731. The number of benzene rings is 2. The lowest BCUT2D eigenvalue weighted by Crippen LogP contribution is -2.48. The van der Waals surface area contributed by atoms with Crippen molar-refractivity contribution in [2.24, 2.45) is 0 Å². The van der Waals surface area contributed by atoms with E-state index in [9.17, 15) is 29.4 Å². The van der Waals surface area contributed by atoms with Crippen molar-refractivity contribution in [3.8, 4) is 11.5 Å². The number of nitrogens with zero attached hydrogens (tertiary/aromatic N) is 6. The molecule has 3 aliphatic heterocycles. The van der Waals surface area contributed by atoms with Crippen LogP contribution < -0.4 is 40.1 Å². The molecule has 0 atom stereocenters. The Balaban J connectivity index is 1.28. The van der Waals surface area contributed by atoms with Gasteiger partial charge in [0.15, 0.2) is 36.6 Å². The molecule has 0 spiro atoms. The highest BCUT2D eigenvalue weighted by Crippen LogP contribution is 2.43. The summed E-state index contributed by atoms with van der Waals surface area (Å²) in [4.78, 5) is 52.6. The first-order chi connectivity index (χ1) is 21.0. The van der Waals surface area contributed by atoms with Crippen LogP contribution >= 0.6 is 0 Å². The summed E-state index contributed by atoms with van der Waals surface area (Å²) in [6.07, 6.45) is 2.37. The van der Waals surface area contributed by atoms with Crippen LogP contribution in [0.3, 0.4) is 0 Å². The Bertz CT molecular complexity index is 1920. The first-order valence-electron chi connectivity index (χ1n) is 13.5. The summed E-state index contributed by atoms with van der Waals surface area (Å²) < 4.78 is 46.1. The molecular formula is C28H24F2N6O8. The molecular weight excluding hydrogens is 586 g/mol. The SMILES string of the molecule is CN1COc2c(N3CCN(c4c(F)cc5c(=O)c(C(=O)O)cn6c5c4OCN6C)CC3)c(F)cc3c(=O)c(C(=O)O)cn1c23. The van der Waals surface area contributed by atoms with Crippen molar-refractivity contribution < 1.29 is 38.1 Å². The van der Waals surface area contributed by atoms with Crippen LogP contribution in [0, 0.1) is 11.6 Å². The van der Waals surface area contributed by atoms with E-state index in [-0.39, 0.29) is 84.3 Å². The van der Waals surface area contributed by atoms with Gasteiger partial charge in [-0.3, -0.25) is 29.0 Å². The minimum absolute atomic E-state index is 0.0385. The molecule has 2 aromatic heterocycles. The molecule has 1 saturated heterocycles. The molecule has 0 bridgehead atoms. The molecule has 3 aliphatic rings. The summed E-state index contributed by atoms with van der Waals surface area (Å²) in [5.41, 5.74) is -2.03. The van der Waals surface area contributed by atoms with Crippen molar-refractivity contribution in [3.63, 3.8) is 0 Å². The van der Waals surface area contributed by atoms with E-state index in [0.717, 1.165) is 12.1 Å². The van der Waals surface area contributed by atoms with Gasteiger partial charge in [0.25, 0.3) is 0 Å². The lowest BCUT2D eigenvalue weighted by Gasteiger charge is -2.40. The molecule has 44 heavy (non-hydrogen) atoms. The van der Waals surface area contributed by atoms with Gasteiger partial charge in [-0.2, -0.15) is 0 Å². The molecule has 7 rings (SSSR count). The van der Waals surface area contributed by atoms with Crippen molar-refractivity contribution >= 4 is 45.1 Å². The highest BCUT2D eigenvalue weighted by Gasteiger charge is 2.34. The van der Waals surface area contributed by atoms with E-state index in [1.807, 2.05) is 0 Å². The summed E-state index contributed by atoms with van der Waals surface area (Å²) >= 11 is 0. The molecule has 0 saturated carbocycles. The number of hydrogen-bond acceptors (Lipinski definition) is 10. The highest BCUT2D eigenvalue weighted by atomic mass is 19.1. The van der Waals surface area contributed by atoms with Crippen LogP contribution in [0.15, 0.2) is 34.1 Å². The Labute approximate surface area is 245 Å². The fraction of sp³-hybridized carbons (Fsp3) is 0.286. The van der Waals surface area contributed by atoms with Gasteiger partial charge in [0, 0.05) is 52.7 Å². The number of anilines is 2. The minimum atomic E-state index is -1.43. The van der Waals surface area contributed by atoms with E-state index in [2.05, 4.69) is 0 Å². The van der Waals surface area contributed by atoms with Crippen molar-refractivity contribution in [3.05, 3.63) is 67.7 Å². The number of halogens is 2. The first-order valence-corrected chi connectivity index (χ1v) is 13.5. The Morgan fingerprint density at radius 1 is 0.705 bits per heavy atom. The van der Waals surface area contributed by atoms with Crippen LogP contribution in [0.4, 0.5) is 20.2 Å². The van der Waals surface area contributed by atoms with Crippen LogP contribution in [0.25, 0.3) is 21.8 Å². The van der Waals surface area contributed by atoms with Gasteiger partial charge in [-0.1, -0.05) is 0 Å². The zero-order valence-electron chi connectivity index (χ0n) is 23.3. The molecule has 16 heteroatoms. The molecule has 14 nitrogen and oxygen atoms in total. The fourth-order valence-electron chi connectivity index (χ4n) is 6.09. The predicted molar refractivity (Wildman–Crippen MR) is 154 cm³/mol. The third kappa shape index (κ3) is 3.76. The van der Waals surface area contributed by atoms with Gasteiger partial charge >= 0.3 is 11.9 Å². The third-order valence-corrected chi connectivity index (χ3v) is 8.20. The lowest BCUT2D eigenvalue weighted by molar-refractivity contribution is 0.0683. The molecule has 0 unspecified atom stereocenters. The lowest BCUT2D eigenvalue weighted by atomic mass is 10.1. The van der Waals surface area contributed by atoms with Crippen molar-refractivity contribution in [2.45, 2.75) is 0 Å². The van der Waals surface area contributed by atoms with E-state index in [4.69, 9.17) is 9.47 Å². The number of pyridine rings is 2. The summed E-state index contributed by atoms with van der Waals surface area (Å²) in [6, 6.07) is 2.02. The van der Waals surface area contributed by atoms with Crippen LogP contribution in [-0.2, 0) is 0 Å². The number of carboxylic acid groups (broad SMARTS) is 2. The van der Waals surface area contributed by atoms with Gasteiger partial charge < -0.3 is 29.5 Å². The number of piperazine rings is 1. The van der Waals surface area contributed by atoms with Crippen molar-refractivity contribution in [1.82, 2.24) is 9.35 Å². The molecule has 1 fully saturated rings. The summed E-state index contributed by atoms with van der Waals surface area (Å²) in [7, 11) is 3.26. The number of carboxylic acids is 2. The van der Waals surface area contributed by atoms with Gasteiger partial charge in [0.05, 0.1) is 10.8 Å². The Hall–Kier alpha value is -5.54. The van der Waals surface area contributed by atoms with Crippen molar-refractivity contribution in [1.29, 1.82) is 0 Å². The summed E-state index contributed by atoms with van der Waals surface area (Å²) in [5.74, 6) is -4.22. The zero-order chi connectivity index (χ0) is 31.2. The van der Waals surface area contributed by atoms with Crippen LogP contribution in [0.1, 0.15) is 20.7 Å². The molecule has 2 N–H and O–H groups in total. The monoisotopic (exact) mass is 610 g/mol. The fourth-order valence-corrected chi connectivity index (χ4v) is 6.09. The molecule has 0 amide bonds. The van der Waals surface area contributed by atoms with Gasteiger partial charge in [0.2, 0.25) is 10.9 Å².